The lowest BCUT2D eigenvalue weighted by atomic mass is 10.1. The fourth-order valence-electron chi connectivity index (χ4n) is 2.13. The Hall–Kier alpha value is -2.37. The predicted molar refractivity (Wildman–Crippen MR) is 78.0 cm³/mol. The molecule has 112 valence electrons. The first kappa shape index (κ1) is 15.0. The molecule has 1 aromatic rings. The number of nitrogens with one attached hydrogen (secondary N) is 1. The molecule has 1 fully saturated rings. The van der Waals surface area contributed by atoms with Crippen LogP contribution in [0.2, 0.25) is 0 Å². The van der Waals surface area contributed by atoms with Gasteiger partial charge < -0.3 is 15.3 Å². The van der Waals surface area contributed by atoms with Crippen LogP contribution in [0.3, 0.4) is 0 Å². The number of benzene rings is 1. The molecule has 0 aliphatic carbocycles. The maximum Gasteiger partial charge on any atom is 0.308 e. The number of amides is 2. The lowest BCUT2D eigenvalue weighted by Crippen LogP contribution is -2.25. The van der Waals surface area contributed by atoms with Crippen LogP contribution in [-0.4, -0.2) is 29.4 Å². The molecule has 6 heteroatoms. The number of rotatable bonds is 4. The summed E-state index contributed by atoms with van der Waals surface area (Å²) in [6, 6.07) is 6.82. The molecule has 6 nitrogen and oxygen atoms in total. The number of carbonyl (C=O) groups is 3. The second kappa shape index (κ2) is 5.95. The molecular weight excluding hydrogens is 272 g/mol. The van der Waals surface area contributed by atoms with Crippen LogP contribution in [0, 0.1) is 11.8 Å². The van der Waals surface area contributed by atoms with Crippen molar-refractivity contribution in [2.75, 3.05) is 16.8 Å². The number of anilines is 2. The number of aliphatic carboxylic acids is 1. The van der Waals surface area contributed by atoms with Crippen LogP contribution < -0.4 is 10.2 Å². The van der Waals surface area contributed by atoms with E-state index in [1.54, 1.807) is 38.1 Å². The molecule has 21 heavy (non-hydrogen) atoms. The highest BCUT2D eigenvalue weighted by Gasteiger charge is 2.34. The Balaban J connectivity index is 2.07. The van der Waals surface area contributed by atoms with Gasteiger partial charge in [-0.3, -0.25) is 14.4 Å². The zero-order valence-corrected chi connectivity index (χ0v) is 12.0. The van der Waals surface area contributed by atoms with Gasteiger partial charge in [-0.25, -0.2) is 0 Å². The first-order valence-corrected chi connectivity index (χ1v) is 6.82. The first-order valence-electron chi connectivity index (χ1n) is 6.82. The normalized spacial score (nSPS) is 18.1. The third kappa shape index (κ3) is 3.39. The fraction of sp³-hybridized carbons (Fsp3) is 0.400. The fourth-order valence-corrected chi connectivity index (χ4v) is 2.13. The number of carbonyl (C=O) groups excluding carboxylic acids is 2. The smallest absolute Gasteiger partial charge is 0.308 e. The molecule has 1 aliphatic rings. The molecule has 2 amide bonds. The van der Waals surface area contributed by atoms with E-state index in [4.69, 9.17) is 5.11 Å². The Morgan fingerprint density at radius 2 is 1.90 bits per heavy atom. The number of carboxylic acid groups (broad SMARTS) is 1. The van der Waals surface area contributed by atoms with Crippen molar-refractivity contribution in [3.05, 3.63) is 24.3 Å². The lowest BCUT2D eigenvalue weighted by molar-refractivity contribution is -0.141. The summed E-state index contributed by atoms with van der Waals surface area (Å²) in [5.74, 6) is -1.99. The molecule has 1 heterocycles. The van der Waals surface area contributed by atoms with Gasteiger partial charge in [0.05, 0.1) is 5.92 Å². The van der Waals surface area contributed by atoms with Gasteiger partial charge >= 0.3 is 5.97 Å². The molecule has 1 aliphatic heterocycles. The van der Waals surface area contributed by atoms with Gasteiger partial charge in [-0.05, 0) is 24.3 Å². The Bertz CT molecular complexity index is 566. The second-order valence-electron chi connectivity index (χ2n) is 5.43. The minimum Gasteiger partial charge on any atom is -0.481 e. The number of nitrogens with zero attached hydrogens (tertiary/aromatic N) is 1. The standard InChI is InChI=1S/C15H18N2O4/c1-9(2)14(19)16-11-3-5-12(6-4-11)17-8-10(15(20)21)7-13(17)18/h3-6,9-10H,7-8H2,1-2H3,(H,16,19)(H,20,21). The maximum atomic E-state index is 11.8. The van der Waals surface area contributed by atoms with Crippen LogP contribution in [0.25, 0.3) is 0 Å². The van der Waals surface area contributed by atoms with E-state index in [0.717, 1.165) is 0 Å². The molecule has 0 aromatic heterocycles. The van der Waals surface area contributed by atoms with Crippen LogP contribution in [0.5, 0.6) is 0 Å². The van der Waals surface area contributed by atoms with E-state index in [-0.39, 0.29) is 30.7 Å². The maximum absolute atomic E-state index is 11.8. The van der Waals surface area contributed by atoms with Gasteiger partial charge in [0.2, 0.25) is 11.8 Å². The number of carboxylic acids is 1. The van der Waals surface area contributed by atoms with Gasteiger partial charge in [0.1, 0.15) is 0 Å². The molecule has 0 spiro atoms. The van der Waals surface area contributed by atoms with Crippen molar-refractivity contribution in [1.82, 2.24) is 0 Å². The summed E-state index contributed by atoms with van der Waals surface area (Å²) in [4.78, 5) is 35.8. The Morgan fingerprint density at radius 3 is 2.38 bits per heavy atom. The highest BCUT2D eigenvalue weighted by atomic mass is 16.4. The molecule has 1 aromatic carbocycles. The molecule has 1 atom stereocenters. The van der Waals surface area contributed by atoms with Crippen molar-refractivity contribution in [2.24, 2.45) is 11.8 Å². The van der Waals surface area contributed by atoms with Gasteiger partial charge in [-0.1, -0.05) is 13.8 Å². The van der Waals surface area contributed by atoms with E-state index in [2.05, 4.69) is 5.32 Å². The molecule has 0 saturated carbocycles. The van der Waals surface area contributed by atoms with E-state index in [1.807, 2.05) is 0 Å². The molecule has 0 bridgehead atoms. The average molecular weight is 290 g/mol. The lowest BCUT2D eigenvalue weighted by Gasteiger charge is -2.17. The van der Waals surface area contributed by atoms with Gasteiger partial charge in [0.15, 0.2) is 0 Å². The zero-order valence-electron chi connectivity index (χ0n) is 12.0. The average Bonchev–Trinajstić information content (AvgIpc) is 2.82. The van der Waals surface area contributed by atoms with Crippen molar-refractivity contribution in [3.63, 3.8) is 0 Å². The van der Waals surface area contributed by atoms with Crippen LogP contribution >= 0.6 is 0 Å². The minimum atomic E-state index is -0.952. The highest BCUT2D eigenvalue weighted by molar-refractivity contribution is 5.99. The summed E-state index contributed by atoms with van der Waals surface area (Å²) in [5, 5.41) is 11.7. The van der Waals surface area contributed by atoms with Crippen molar-refractivity contribution in [3.8, 4) is 0 Å². The van der Waals surface area contributed by atoms with E-state index in [9.17, 15) is 14.4 Å². The molecule has 0 radical (unpaired) electrons. The monoisotopic (exact) mass is 290 g/mol. The van der Waals surface area contributed by atoms with Gasteiger partial charge in [0, 0.05) is 30.3 Å². The predicted octanol–water partition coefficient (Wildman–Crippen LogP) is 1.72. The number of hydrogen-bond donors (Lipinski definition) is 2. The van der Waals surface area contributed by atoms with Crippen molar-refractivity contribution in [2.45, 2.75) is 20.3 Å². The molecular formula is C15H18N2O4. The number of hydrogen-bond acceptors (Lipinski definition) is 3. The van der Waals surface area contributed by atoms with Gasteiger partial charge in [-0.2, -0.15) is 0 Å². The van der Waals surface area contributed by atoms with E-state index in [1.165, 1.54) is 4.90 Å². The van der Waals surface area contributed by atoms with E-state index in [0.29, 0.717) is 11.4 Å². The van der Waals surface area contributed by atoms with Crippen LogP contribution in [0.1, 0.15) is 20.3 Å². The SMILES string of the molecule is CC(C)C(=O)Nc1ccc(N2CC(C(=O)O)CC2=O)cc1. The summed E-state index contributed by atoms with van der Waals surface area (Å²) in [7, 11) is 0. The zero-order chi connectivity index (χ0) is 15.6. The van der Waals surface area contributed by atoms with Crippen molar-refractivity contribution < 1.29 is 19.5 Å². The van der Waals surface area contributed by atoms with Crippen LogP contribution in [-0.2, 0) is 14.4 Å². The van der Waals surface area contributed by atoms with E-state index >= 15 is 0 Å². The topological polar surface area (TPSA) is 86.7 Å². The van der Waals surface area contributed by atoms with Crippen molar-refractivity contribution in [1.29, 1.82) is 0 Å². The quantitative estimate of drug-likeness (QED) is 0.884. The molecule has 1 unspecified atom stereocenters. The molecule has 2 N–H and O–H groups in total. The highest BCUT2D eigenvalue weighted by Crippen LogP contribution is 2.26. The summed E-state index contributed by atoms with van der Waals surface area (Å²) < 4.78 is 0. The summed E-state index contributed by atoms with van der Waals surface area (Å²) >= 11 is 0. The third-order valence-electron chi connectivity index (χ3n) is 3.45. The van der Waals surface area contributed by atoms with Crippen LogP contribution in [0.4, 0.5) is 11.4 Å². The largest absolute Gasteiger partial charge is 0.481 e. The minimum absolute atomic E-state index is 0.0289. The van der Waals surface area contributed by atoms with Gasteiger partial charge in [0.25, 0.3) is 0 Å². The van der Waals surface area contributed by atoms with Crippen LogP contribution in [0.15, 0.2) is 24.3 Å². The van der Waals surface area contributed by atoms with Gasteiger partial charge in [-0.15, -0.1) is 0 Å². The first-order chi connectivity index (χ1) is 9.88. The van der Waals surface area contributed by atoms with E-state index < -0.39 is 11.9 Å². The molecule has 1 saturated heterocycles. The second-order valence-corrected chi connectivity index (χ2v) is 5.43. The third-order valence-corrected chi connectivity index (χ3v) is 3.45. The Morgan fingerprint density at radius 1 is 1.29 bits per heavy atom. The Labute approximate surface area is 122 Å². The Kier molecular flexibility index (Phi) is 4.26. The molecule has 2 rings (SSSR count). The summed E-state index contributed by atoms with van der Waals surface area (Å²) in [5.41, 5.74) is 1.30. The summed E-state index contributed by atoms with van der Waals surface area (Å²) in [6.07, 6.45) is 0.0289. The summed E-state index contributed by atoms with van der Waals surface area (Å²) in [6.45, 7) is 3.79. The van der Waals surface area contributed by atoms with Crippen molar-refractivity contribution >= 4 is 29.2 Å².